The van der Waals surface area contributed by atoms with E-state index in [9.17, 15) is 0 Å². The summed E-state index contributed by atoms with van der Waals surface area (Å²) in [6.07, 6.45) is 1.03. The van der Waals surface area contributed by atoms with Crippen LogP contribution in [0.4, 0.5) is 0 Å². The number of nitrogens with two attached hydrogens (primary N) is 2. The average Bonchev–Trinajstić information content (AvgIpc) is 2.45. The summed E-state index contributed by atoms with van der Waals surface area (Å²) in [4.78, 5) is 0. The summed E-state index contributed by atoms with van der Waals surface area (Å²) in [7, 11) is 0. The maximum Gasteiger partial charge on any atom is 0.119 e. The first-order valence-electron chi connectivity index (χ1n) is 7.68. The predicted molar refractivity (Wildman–Crippen MR) is 86.1 cm³/mol. The summed E-state index contributed by atoms with van der Waals surface area (Å²) in [6.45, 7) is 10.8. The van der Waals surface area contributed by atoms with Crippen molar-refractivity contribution in [1.82, 2.24) is 0 Å². The maximum atomic E-state index is 5.82. The quantitative estimate of drug-likeness (QED) is 0.768. The second kappa shape index (κ2) is 8.28. The Morgan fingerprint density at radius 3 is 2.30 bits per heavy atom. The van der Waals surface area contributed by atoms with E-state index in [-0.39, 0.29) is 0 Å². The summed E-state index contributed by atoms with van der Waals surface area (Å²) in [6, 6.07) is 6.39. The van der Waals surface area contributed by atoms with Gasteiger partial charge in [0.15, 0.2) is 0 Å². The normalized spacial score (nSPS) is 14.3. The highest BCUT2D eigenvalue weighted by Crippen LogP contribution is 2.32. The minimum absolute atomic E-state index is 0.375. The molecule has 0 saturated heterocycles. The van der Waals surface area contributed by atoms with Crippen LogP contribution in [-0.4, -0.2) is 19.7 Å². The van der Waals surface area contributed by atoms with Gasteiger partial charge in [0.1, 0.15) is 5.75 Å². The van der Waals surface area contributed by atoms with Gasteiger partial charge in [-0.05, 0) is 67.4 Å². The number of rotatable bonds is 8. The van der Waals surface area contributed by atoms with E-state index in [1.165, 1.54) is 11.1 Å². The minimum Gasteiger partial charge on any atom is -0.494 e. The van der Waals surface area contributed by atoms with Crippen molar-refractivity contribution in [2.45, 2.75) is 40.0 Å². The van der Waals surface area contributed by atoms with Crippen LogP contribution in [0.25, 0.3) is 0 Å². The van der Waals surface area contributed by atoms with Crippen molar-refractivity contribution in [1.29, 1.82) is 0 Å². The van der Waals surface area contributed by atoms with Gasteiger partial charge in [-0.2, -0.15) is 0 Å². The average molecular weight is 278 g/mol. The topological polar surface area (TPSA) is 61.3 Å². The predicted octanol–water partition coefficient (Wildman–Crippen LogP) is 3.06. The van der Waals surface area contributed by atoms with E-state index < -0.39 is 0 Å². The second-order valence-electron chi connectivity index (χ2n) is 5.75. The van der Waals surface area contributed by atoms with Crippen LogP contribution >= 0.6 is 0 Å². The Morgan fingerprint density at radius 2 is 1.80 bits per heavy atom. The van der Waals surface area contributed by atoms with Crippen LogP contribution in [0.2, 0.25) is 0 Å². The molecule has 2 atom stereocenters. The standard InChI is InChI=1S/C17H30N2O/c1-5-8-20-16-6-7-17(12(2)9-16)14(4)13(3)15(10-18)11-19/h6-7,9,13-15H,5,8,10-11,18-19H2,1-4H3. The molecule has 0 amide bonds. The van der Waals surface area contributed by atoms with Gasteiger partial charge < -0.3 is 16.2 Å². The van der Waals surface area contributed by atoms with E-state index >= 15 is 0 Å². The molecule has 0 aliphatic rings. The molecule has 1 aromatic rings. The molecule has 0 fully saturated rings. The Bertz CT molecular complexity index is 402. The fourth-order valence-electron chi connectivity index (χ4n) is 2.69. The van der Waals surface area contributed by atoms with Gasteiger partial charge in [-0.3, -0.25) is 0 Å². The molecular formula is C17H30N2O. The lowest BCUT2D eigenvalue weighted by Crippen LogP contribution is -2.31. The number of ether oxygens (including phenoxy) is 1. The van der Waals surface area contributed by atoms with E-state index in [4.69, 9.17) is 16.2 Å². The van der Waals surface area contributed by atoms with Crippen LogP contribution < -0.4 is 16.2 Å². The van der Waals surface area contributed by atoms with E-state index in [2.05, 4.69) is 45.9 Å². The highest BCUT2D eigenvalue weighted by atomic mass is 16.5. The lowest BCUT2D eigenvalue weighted by Gasteiger charge is -2.28. The van der Waals surface area contributed by atoms with E-state index in [1.807, 2.05) is 0 Å². The van der Waals surface area contributed by atoms with Crippen molar-refractivity contribution in [3.05, 3.63) is 29.3 Å². The third-order valence-corrected chi connectivity index (χ3v) is 4.34. The van der Waals surface area contributed by atoms with Crippen molar-refractivity contribution in [3.63, 3.8) is 0 Å². The molecule has 3 heteroatoms. The van der Waals surface area contributed by atoms with Gasteiger partial charge in [0.25, 0.3) is 0 Å². The monoisotopic (exact) mass is 278 g/mol. The minimum atomic E-state index is 0.375. The molecule has 2 unspecified atom stereocenters. The fraction of sp³-hybridized carbons (Fsp3) is 0.647. The van der Waals surface area contributed by atoms with Crippen molar-refractivity contribution in [3.8, 4) is 5.75 Å². The zero-order chi connectivity index (χ0) is 15.1. The largest absolute Gasteiger partial charge is 0.494 e. The zero-order valence-electron chi connectivity index (χ0n) is 13.4. The molecule has 3 nitrogen and oxygen atoms in total. The first-order valence-corrected chi connectivity index (χ1v) is 7.68. The third kappa shape index (κ3) is 4.22. The molecule has 4 N–H and O–H groups in total. The summed E-state index contributed by atoms with van der Waals surface area (Å²) in [5.74, 6) is 2.26. The Kier molecular flexibility index (Phi) is 7.03. The van der Waals surface area contributed by atoms with Gasteiger partial charge in [0.2, 0.25) is 0 Å². The number of benzene rings is 1. The molecule has 114 valence electrons. The van der Waals surface area contributed by atoms with Crippen molar-refractivity contribution in [2.75, 3.05) is 19.7 Å². The van der Waals surface area contributed by atoms with E-state index in [1.54, 1.807) is 0 Å². The van der Waals surface area contributed by atoms with Gasteiger partial charge in [0.05, 0.1) is 6.61 Å². The third-order valence-electron chi connectivity index (χ3n) is 4.34. The van der Waals surface area contributed by atoms with Crippen LogP contribution in [0.3, 0.4) is 0 Å². The molecule has 1 rings (SSSR count). The smallest absolute Gasteiger partial charge is 0.119 e. The molecule has 0 aliphatic heterocycles. The number of hydrogen-bond acceptors (Lipinski definition) is 3. The van der Waals surface area contributed by atoms with E-state index in [0.717, 1.165) is 18.8 Å². The van der Waals surface area contributed by atoms with Gasteiger partial charge in [-0.1, -0.05) is 26.8 Å². The Balaban J connectivity index is 2.85. The van der Waals surface area contributed by atoms with Crippen molar-refractivity contribution in [2.24, 2.45) is 23.3 Å². The second-order valence-corrected chi connectivity index (χ2v) is 5.75. The van der Waals surface area contributed by atoms with Crippen molar-refractivity contribution < 1.29 is 4.74 Å². The summed E-state index contributed by atoms with van der Waals surface area (Å²) in [5.41, 5.74) is 14.3. The summed E-state index contributed by atoms with van der Waals surface area (Å²) < 4.78 is 5.68. The molecule has 1 aromatic carbocycles. The molecule has 20 heavy (non-hydrogen) atoms. The van der Waals surface area contributed by atoms with Gasteiger partial charge >= 0.3 is 0 Å². The van der Waals surface area contributed by atoms with E-state index in [0.29, 0.717) is 30.8 Å². The highest BCUT2D eigenvalue weighted by Gasteiger charge is 2.23. The van der Waals surface area contributed by atoms with Crippen LogP contribution in [-0.2, 0) is 0 Å². The van der Waals surface area contributed by atoms with Gasteiger partial charge in [0, 0.05) is 0 Å². The first kappa shape index (κ1) is 17.0. The van der Waals surface area contributed by atoms with Crippen LogP contribution in [0.15, 0.2) is 18.2 Å². The Morgan fingerprint density at radius 1 is 1.15 bits per heavy atom. The molecule has 0 aliphatic carbocycles. The Labute approximate surface area is 123 Å². The molecule has 0 spiro atoms. The number of hydrogen-bond donors (Lipinski definition) is 2. The summed E-state index contributed by atoms with van der Waals surface area (Å²) >= 11 is 0. The van der Waals surface area contributed by atoms with Crippen molar-refractivity contribution >= 4 is 0 Å². The fourth-order valence-corrected chi connectivity index (χ4v) is 2.69. The number of aryl methyl sites for hydroxylation is 1. The zero-order valence-corrected chi connectivity index (χ0v) is 13.4. The van der Waals surface area contributed by atoms with Gasteiger partial charge in [-0.25, -0.2) is 0 Å². The lowest BCUT2D eigenvalue weighted by atomic mass is 9.79. The SMILES string of the molecule is CCCOc1ccc(C(C)C(C)C(CN)CN)c(C)c1. The highest BCUT2D eigenvalue weighted by molar-refractivity contribution is 5.37. The molecule has 0 saturated carbocycles. The first-order chi connectivity index (χ1) is 9.54. The lowest BCUT2D eigenvalue weighted by molar-refractivity contribution is 0.315. The molecule has 0 heterocycles. The molecule has 0 bridgehead atoms. The van der Waals surface area contributed by atoms with Crippen LogP contribution in [0.5, 0.6) is 5.75 Å². The van der Waals surface area contributed by atoms with Crippen LogP contribution in [0, 0.1) is 18.8 Å². The molecule has 0 radical (unpaired) electrons. The molecule has 0 aromatic heterocycles. The Hall–Kier alpha value is -1.06. The van der Waals surface area contributed by atoms with Gasteiger partial charge in [-0.15, -0.1) is 0 Å². The summed E-state index contributed by atoms with van der Waals surface area (Å²) in [5, 5.41) is 0. The maximum absolute atomic E-state index is 5.82. The van der Waals surface area contributed by atoms with Crippen LogP contribution in [0.1, 0.15) is 44.2 Å². The molecular weight excluding hydrogens is 248 g/mol.